The summed E-state index contributed by atoms with van der Waals surface area (Å²) >= 11 is 3.53. The number of allylic oxidation sites excluding steroid dienone is 1. The van der Waals surface area contributed by atoms with Crippen molar-refractivity contribution in [1.29, 1.82) is 0 Å². The molecule has 0 aliphatic heterocycles. The van der Waals surface area contributed by atoms with Crippen molar-refractivity contribution < 1.29 is 9.47 Å². The second-order valence-corrected chi connectivity index (χ2v) is 5.42. The lowest BCUT2D eigenvalue weighted by molar-refractivity contribution is 0.288. The zero-order chi connectivity index (χ0) is 14.3. The zero-order valence-corrected chi connectivity index (χ0v) is 13.2. The van der Waals surface area contributed by atoms with Gasteiger partial charge in [0.25, 0.3) is 0 Å². The van der Waals surface area contributed by atoms with E-state index in [9.17, 15) is 0 Å². The Balaban J connectivity index is 2.82. The maximum absolute atomic E-state index is 5.82. The standard InChI is InChI=1S/C15H22BrNO2/c1-4-5-6-7-19-15-13(16)9-12(8-11(2)17)10-14(15)18-3/h4,9-11H,1,5-8,17H2,2-3H3. The smallest absolute Gasteiger partial charge is 0.175 e. The van der Waals surface area contributed by atoms with Gasteiger partial charge in [-0.25, -0.2) is 0 Å². The molecule has 0 saturated carbocycles. The van der Waals surface area contributed by atoms with E-state index in [1.807, 2.05) is 25.1 Å². The fourth-order valence-electron chi connectivity index (χ4n) is 1.80. The van der Waals surface area contributed by atoms with Crippen molar-refractivity contribution in [3.05, 3.63) is 34.8 Å². The molecule has 0 radical (unpaired) electrons. The SMILES string of the molecule is C=CCCCOc1c(Br)cc(CC(C)N)cc1OC. The Labute approximate surface area is 123 Å². The molecule has 1 unspecified atom stereocenters. The molecule has 19 heavy (non-hydrogen) atoms. The van der Waals surface area contributed by atoms with Crippen LogP contribution in [-0.4, -0.2) is 19.8 Å². The number of rotatable bonds is 8. The Hall–Kier alpha value is -1.00. The Bertz CT molecular complexity index is 419. The number of ether oxygens (including phenoxy) is 2. The molecule has 2 N–H and O–H groups in total. The van der Waals surface area contributed by atoms with Crippen LogP contribution in [0.3, 0.4) is 0 Å². The molecule has 0 aliphatic rings. The number of hydrogen-bond donors (Lipinski definition) is 1. The van der Waals surface area contributed by atoms with Gasteiger partial charge >= 0.3 is 0 Å². The lowest BCUT2D eigenvalue weighted by Crippen LogP contribution is -2.17. The van der Waals surface area contributed by atoms with Crippen LogP contribution in [0.4, 0.5) is 0 Å². The second-order valence-electron chi connectivity index (χ2n) is 4.57. The molecule has 1 aromatic rings. The molecular formula is C15H22BrNO2. The van der Waals surface area contributed by atoms with E-state index in [2.05, 4.69) is 22.5 Å². The van der Waals surface area contributed by atoms with E-state index >= 15 is 0 Å². The zero-order valence-electron chi connectivity index (χ0n) is 11.6. The number of benzene rings is 1. The van der Waals surface area contributed by atoms with Crippen molar-refractivity contribution in [3.8, 4) is 11.5 Å². The highest BCUT2D eigenvalue weighted by Crippen LogP contribution is 2.37. The van der Waals surface area contributed by atoms with Gasteiger partial charge < -0.3 is 15.2 Å². The molecule has 0 bridgehead atoms. The van der Waals surface area contributed by atoms with Crippen LogP contribution in [0.1, 0.15) is 25.3 Å². The van der Waals surface area contributed by atoms with E-state index in [1.165, 1.54) is 0 Å². The topological polar surface area (TPSA) is 44.5 Å². The van der Waals surface area contributed by atoms with Gasteiger partial charge in [-0.05, 0) is 59.8 Å². The first kappa shape index (κ1) is 16.1. The Morgan fingerprint density at radius 1 is 1.47 bits per heavy atom. The molecule has 4 heteroatoms. The predicted octanol–water partition coefficient (Wildman–Crippen LogP) is 3.69. The van der Waals surface area contributed by atoms with Crippen LogP contribution in [0, 0.1) is 0 Å². The fraction of sp³-hybridized carbons (Fsp3) is 0.467. The Morgan fingerprint density at radius 3 is 2.79 bits per heavy atom. The van der Waals surface area contributed by atoms with E-state index < -0.39 is 0 Å². The quantitative estimate of drug-likeness (QED) is 0.585. The minimum atomic E-state index is 0.121. The second kappa shape index (κ2) is 8.23. The first-order valence-corrected chi connectivity index (χ1v) is 7.23. The molecule has 1 atom stereocenters. The third kappa shape index (κ3) is 5.25. The highest BCUT2D eigenvalue weighted by molar-refractivity contribution is 9.10. The minimum Gasteiger partial charge on any atom is -0.493 e. The summed E-state index contributed by atoms with van der Waals surface area (Å²) in [6, 6.07) is 4.14. The van der Waals surface area contributed by atoms with Gasteiger partial charge in [0.1, 0.15) is 0 Å². The van der Waals surface area contributed by atoms with Gasteiger partial charge in [0, 0.05) is 6.04 Å². The maximum Gasteiger partial charge on any atom is 0.175 e. The largest absolute Gasteiger partial charge is 0.493 e. The molecule has 0 saturated heterocycles. The van der Waals surface area contributed by atoms with Gasteiger partial charge in [-0.2, -0.15) is 0 Å². The number of hydrogen-bond acceptors (Lipinski definition) is 3. The summed E-state index contributed by atoms with van der Waals surface area (Å²) < 4.78 is 12.1. The average molecular weight is 328 g/mol. The molecule has 3 nitrogen and oxygen atoms in total. The number of unbranched alkanes of at least 4 members (excludes halogenated alkanes) is 1. The van der Waals surface area contributed by atoms with Crippen molar-refractivity contribution in [2.45, 2.75) is 32.2 Å². The van der Waals surface area contributed by atoms with E-state index in [-0.39, 0.29) is 6.04 Å². The van der Waals surface area contributed by atoms with Gasteiger partial charge in [0.05, 0.1) is 18.2 Å². The van der Waals surface area contributed by atoms with Crippen molar-refractivity contribution >= 4 is 15.9 Å². The summed E-state index contributed by atoms with van der Waals surface area (Å²) in [4.78, 5) is 0. The molecule has 0 fully saturated rings. The summed E-state index contributed by atoms with van der Waals surface area (Å²) in [7, 11) is 1.65. The van der Waals surface area contributed by atoms with Crippen LogP contribution < -0.4 is 15.2 Å². The first-order chi connectivity index (χ1) is 9.08. The monoisotopic (exact) mass is 327 g/mol. The van der Waals surface area contributed by atoms with Gasteiger partial charge in [-0.15, -0.1) is 6.58 Å². The number of halogens is 1. The minimum absolute atomic E-state index is 0.121. The van der Waals surface area contributed by atoms with Gasteiger partial charge in [0.15, 0.2) is 11.5 Å². The van der Waals surface area contributed by atoms with Gasteiger partial charge in [0.2, 0.25) is 0 Å². The van der Waals surface area contributed by atoms with Crippen molar-refractivity contribution in [2.75, 3.05) is 13.7 Å². The molecule has 0 amide bonds. The van der Waals surface area contributed by atoms with Gasteiger partial charge in [-0.1, -0.05) is 6.08 Å². The normalized spacial score (nSPS) is 12.0. The highest BCUT2D eigenvalue weighted by atomic mass is 79.9. The summed E-state index contributed by atoms with van der Waals surface area (Å²) in [6.07, 6.45) is 4.59. The third-order valence-electron chi connectivity index (χ3n) is 2.65. The number of nitrogens with two attached hydrogens (primary N) is 1. The van der Waals surface area contributed by atoms with Gasteiger partial charge in [-0.3, -0.25) is 0 Å². The van der Waals surface area contributed by atoms with Crippen molar-refractivity contribution in [3.63, 3.8) is 0 Å². The molecule has 0 aliphatic carbocycles. The predicted molar refractivity (Wildman–Crippen MR) is 83.0 cm³/mol. The first-order valence-electron chi connectivity index (χ1n) is 6.44. The van der Waals surface area contributed by atoms with Crippen LogP contribution >= 0.6 is 15.9 Å². The molecule has 106 valence electrons. The molecule has 0 heterocycles. The lowest BCUT2D eigenvalue weighted by atomic mass is 10.1. The summed E-state index contributed by atoms with van der Waals surface area (Å²) in [6.45, 7) is 6.33. The average Bonchev–Trinajstić information content (AvgIpc) is 2.35. The maximum atomic E-state index is 5.82. The lowest BCUT2D eigenvalue weighted by Gasteiger charge is -2.15. The molecular weight excluding hydrogens is 306 g/mol. The van der Waals surface area contributed by atoms with Crippen LogP contribution in [-0.2, 0) is 6.42 Å². The fourth-order valence-corrected chi connectivity index (χ4v) is 2.41. The van der Waals surface area contributed by atoms with Crippen LogP contribution in [0.15, 0.2) is 29.3 Å². The molecule has 0 aromatic heterocycles. The number of methoxy groups -OCH3 is 1. The van der Waals surface area contributed by atoms with E-state index in [4.69, 9.17) is 15.2 Å². The van der Waals surface area contributed by atoms with E-state index in [0.29, 0.717) is 6.61 Å². The van der Waals surface area contributed by atoms with Crippen molar-refractivity contribution in [1.82, 2.24) is 0 Å². The summed E-state index contributed by atoms with van der Waals surface area (Å²) in [5.74, 6) is 1.49. The van der Waals surface area contributed by atoms with Crippen LogP contribution in [0.5, 0.6) is 11.5 Å². The Kier molecular flexibility index (Phi) is 6.95. The Morgan fingerprint density at radius 2 is 2.21 bits per heavy atom. The summed E-state index contributed by atoms with van der Waals surface area (Å²) in [5.41, 5.74) is 6.96. The van der Waals surface area contributed by atoms with E-state index in [1.54, 1.807) is 7.11 Å². The highest BCUT2D eigenvalue weighted by Gasteiger charge is 2.12. The molecule has 1 rings (SSSR count). The van der Waals surface area contributed by atoms with Crippen molar-refractivity contribution in [2.24, 2.45) is 5.73 Å². The summed E-state index contributed by atoms with van der Waals surface area (Å²) in [5, 5.41) is 0. The van der Waals surface area contributed by atoms with Crippen LogP contribution in [0.2, 0.25) is 0 Å². The van der Waals surface area contributed by atoms with Crippen LogP contribution in [0.25, 0.3) is 0 Å². The van der Waals surface area contributed by atoms with E-state index in [0.717, 1.165) is 40.8 Å². The third-order valence-corrected chi connectivity index (χ3v) is 3.23. The molecule has 0 spiro atoms. The molecule has 1 aromatic carbocycles.